The maximum absolute atomic E-state index is 2.19. The van der Waals surface area contributed by atoms with Crippen LogP contribution in [0.5, 0.6) is 0 Å². The molecule has 0 spiro atoms. The van der Waals surface area contributed by atoms with Gasteiger partial charge in [-0.1, -0.05) is 0 Å². The summed E-state index contributed by atoms with van der Waals surface area (Å²) in [5.74, 6) is 0. The summed E-state index contributed by atoms with van der Waals surface area (Å²) in [6, 6.07) is 0. The van der Waals surface area contributed by atoms with Gasteiger partial charge in [0.1, 0.15) is 0 Å². The van der Waals surface area contributed by atoms with Gasteiger partial charge in [-0.2, -0.15) is 0 Å². The average Bonchev–Trinajstić information content (AvgIpc) is 1.75. The highest BCUT2D eigenvalue weighted by atomic mass is 31.8. The van der Waals surface area contributed by atoms with Crippen molar-refractivity contribution in [2.75, 3.05) is 7.05 Å². The van der Waals surface area contributed by atoms with Crippen LogP contribution in [0.3, 0.4) is 0 Å². The van der Waals surface area contributed by atoms with E-state index in [0.717, 1.165) is 0 Å². The second-order valence-electron chi connectivity index (χ2n) is 0.668. The molecule has 4 heavy (non-hydrogen) atoms. The van der Waals surface area contributed by atoms with E-state index in [0.29, 0.717) is 0 Å². The Balaban J connectivity index is 2.32. The molecule has 22 valence electrons. The summed E-state index contributed by atoms with van der Waals surface area (Å²) in [5.41, 5.74) is 0. The molecule has 1 aliphatic rings. The van der Waals surface area contributed by atoms with Gasteiger partial charge in [0.25, 0.3) is 0 Å². The topological polar surface area (TPSA) is 3.01 Å². The first-order valence-electron chi connectivity index (χ1n) is 1.05. The van der Waals surface area contributed by atoms with E-state index in [9.17, 15) is 0 Å². The van der Waals surface area contributed by atoms with E-state index in [1.807, 2.05) is 0 Å². The molecule has 1 aliphatic heterocycles. The Hall–Kier alpha value is 0.560. The van der Waals surface area contributed by atoms with Gasteiger partial charge in [0.15, 0.2) is 0 Å². The number of hydrogen-bond acceptors (Lipinski definition) is 1. The molecule has 0 aromatic carbocycles. The lowest BCUT2D eigenvalue weighted by Crippen LogP contribution is -1.64. The molecule has 1 rings (SSSR count). The van der Waals surface area contributed by atoms with Crippen molar-refractivity contribution in [3.8, 4) is 0 Å². The fourth-order valence-corrected chi connectivity index (χ4v) is 0.360. The van der Waals surface area contributed by atoms with E-state index in [-0.39, 0.29) is 0 Å². The predicted octanol–water partition coefficient (Wildman–Crippen LogP) is 1.57. The standard InChI is InChI=1S/CH3NP2/c1-2-3-4-2/h1H3. The van der Waals surface area contributed by atoms with Crippen molar-refractivity contribution in [1.29, 1.82) is 0 Å². The zero-order valence-electron chi connectivity index (χ0n) is 2.34. The monoisotopic (exact) mass is 91.0 g/mol. The molecule has 0 radical (unpaired) electrons. The summed E-state index contributed by atoms with van der Waals surface area (Å²) < 4.78 is 2.19. The Morgan fingerprint density at radius 2 is 1.75 bits per heavy atom. The van der Waals surface area contributed by atoms with Gasteiger partial charge in [-0.15, -0.1) is 0 Å². The number of hydrogen-bond donors (Lipinski definition) is 0. The Morgan fingerprint density at radius 1 is 1.50 bits per heavy atom. The number of nitrogens with zero attached hydrogens (tertiary/aromatic N) is 1. The van der Waals surface area contributed by atoms with Crippen LogP contribution in [0.4, 0.5) is 0 Å². The summed E-state index contributed by atoms with van der Waals surface area (Å²) in [5, 5.41) is 0. The van der Waals surface area contributed by atoms with Crippen LogP contribution in [0.1, 0.15) is 0 Å². The average molecular weight is 91.0 g/mol. The molecule has 0 saturated carbocycles. The summed E-state index contributed by atoms with van der Waals surface area (Å²) >= 11 is 0. The zero-order valence-corrected chi connectivity index (χ0v) is 4.13. The highest BCUT2D eigenvalue weighted by molar-refractivity contribution is 7.96. The van der Waals surface area contributed by atoms with Gasteiger partial charge in [-0.3, -0.25) is 0 Å². The summed E-state index contributed by atoms with van der Waals surface area (Å²) in [7, 11) is 5.03. The lowest BCUT2D eigenvalue weighted by atomic mass is 11.6. The minimum atomic E-state index is 1.47. The van der Waals surface area contributed by atoms with Crippen LogP contribution in [0, 0.1) is 0 Å². The molecular formula is CH3NP2. The molecule has 0 aliphatic carbocycles. The largest absolute Gasteiger partial charge is 0.202 e. The zero-order chi connectivity index (χ0) is 2.99. The van der Waals surface area contributed by atoms with Crippen molar-refractivity contribution in [3.63, 3.8) is 0 Å². The van der Waals surface area contributed by atoms with Crippen LogP contribution in [-0.4, -0.2) is 11.5 Å². The molecule has 1 nitrogen and oxygen atoms in total. The lowest BCUT2D eigenvalue weighted by molar-refractivity contribution is 0.976. The Morgan fingerprint density at radius 3 is 1.75 bits per heavy atom. The van der Waals surface area contributed by atoms with E-state index >= 15 is 0 Å². The van der Waals surface area contributed by atoms with Gasteiger partial charge in [0, 0.05) is 23.1 Å². The quantitative estimate of drug-likeness (QED) is 0.409. The molecule has 1 heterocycles. The first kappa shape index (κ1) is 2.78. The molecule has 0 N–H and O–H groups in total. The lowest BCUT2D eigenvalue weighted by Gasteiger charge is -1.64. The van der Waals surface area contributed by atoms with Crippen molar-refractivity contribution in [2.24, 2.45) is 0 Å². The minimum absolute atomic E-state index is 1.47. The SMILES string of the molecule is CN1P=P1. The van der Waals surface area contributed by atoms with Gasteiger partial charge in [-0.05, 0) is 0 Å². The molecule has 0 aromatic heterocycles. The first-order valence-corrected chi connectivity index (χ1v) is 3.45. The molecular weight excluding hydrogens is 88.0 g/mol. The van der Waals surface area contributed by atoms with Crippen molar-refractivity contribution >= 4 is 16.0 Å². The summed E-state index contributed by atoms with van der Waals surface area (Å²) in [4.78, 5) is 0. The molecule has 0 bridgehead atoms. The fourth-order valence-electron chi connectivity index (χ4n) is 0.0400. The molecule has 0 amide bonds. The van der Waals surface area contributed by atoms with E-state index in [2.05, 4.69) is 11.5 Å². The van der Waals surface area contributed by atoms with Gasteiger partial charge in [0.2, 0.25) is 0 Å². The van der Waals surface area contributed by atoms with Crippen LogP contribution in [0.2, 0.25) is 0 Å². The highest BCUT2D eigenvalue weighted by Crippen LogP contribution is 2.42. The fraction of sp³-hybridized carbons (Fsp3) is 1.00. The van der Waals surface area contributed by atoms with Gasteiger partial charge in [-0.25, -0.2) is 4.44 Å². The molecule has 0 unspecified atom stereocenters. The molecule has 0 atom stereocenters. The Kier molecular flexibility index (Phi) is 0.524. The molecule has 0 fully saturated rings. The van der Waals surface area contributed by atoms with Gasteiger partial charge < -0.3 is 0 Å². The third-order valence-electron chi connectivity index (χ3n) is 0.268. The first-order chi connectivity index (χ1) is 1.89. The van der Waals surface area contributed by atoms with Crippen molar-refractivity contribution in [1.82, 2.24) is 4.44 Å². The normalized spacial score (nSPS) is 43.8. The highest BCUT2D eigenvalue weighted by Gasteiger charge is 1.96. The van der Waals surface area contributed by atoms with Crippen molar-refractivity contribution < 1.29 is 0 Å². The smallest absolute Gasteiger partial charge is 0.0374 e. The summed E-state index contributed by atoms with van der Waals surface area (Å²) in [6.45, 7) is 0. The molecule has 3 heteroatoms. The van der Waals surface area contributed by atoms with Crippen LogP contribution in [-0.2, 0) is 0 Å². The summed E-state index contributed by atoms with van der Waals surface area (Å²) in [6.07, 6.45) is 0. The minimum Gasteiger partial charge on any atom is -0.202 e. The van der Waals surface area contributed by atoms with Crippen molar-refractivity contribution in [2.45, 2.75) is 0 Å². The van der Waals surface area contributed by atoms with Crippen LogP contribution in [0.15, 0.2) is 0 Å². The third kappa shape index (κ3) is 0.492. The van der Waals surface area contributed by atoms with E-state index in [1.54, 1.807) is 0 Å². The van der Waals surface area contributed by atoms with E-state index in [1.165, 1.54) is 16.0 Å². The maximum Gasteiger partial charge on any atom is 0.0374 e. The van der Waals surface area contributed by atoms with Crippen LogP contribution < -0.4 is 0 Å². The third-order valence-corrected chi connectivity index (χ3v) is 2.41. The second-order valence-corrected chi connectivity index (χ2v) is 3.61. The molecule has 0 saturated heterocycles. The van der Waals surface area contributed by atoms with Crippen LogP contribution >= 0.6 is 16.0 Å². The van der Waals surface area contributed by atoms with E-state index < -0.39 is 0 Å². The second kappa shape index (κ2) is 0.755. The Bertz CT molecular complexity index is 44.0. The Labute approximate surface area is 28.5 Å². The van der Waals surface area contributed by atoms with Gasteiger partial charge in [0.05, 0.1) is 0 Å². The van der Waals surface area contributed by atoms with Crippen LogP contribution in [0.25, 0.3) is 0 Å². The van der Waals surface area contributed by atoms with Gasteiger partial charge >= 0.3 is 0 Å². The van der Waals surface area contributed by atoms with Crippen molar-refractivity contribution in [3.05, 3.63) is 0 Å². The predicted molar refractivity (Wildman–Crippen MR) is 21.6 cm³/mol. The molecule has 0 aromatic rings. The van der Waals surface area contributed by atoms with E-state index in [4.69, 9.17) is 0 Å². The number of rotatable bonds is 0. The maximum atomic E-state index is 2.19.